The predicted octanol–water partition coefficient (Wildman–Crippen LogP) is 6.70. The van der Waals surface area contributed by atoms with Crippen molar-refractivity contribution < 1.29 is 18.0 Å². The summed E-state index contributed by atoms with van der Waals surface area (Å²) in [4.78, 5) is 12.2. The number of rotatable bonds is 7. The third-order valence-electron chi connectivity index (χ3n) is 5.44. The molecule has 2 N–H and O–H groups in total. The van der Waals surface area contributed by atoms with Crippen molar-refractivity contribution in [1.29, 1.82) is 0 Å². The van der Waals surface area contributed by atoms with Crippen molar-refractivity contribution in [3.63, 3.8) is 0 Å². The number of amides is 1. The standard InChI is InChI=1S/C25H22F3N2OS/c1-2-3-5-16-10-13-19-22(14-16)30(21-7-4-6-20(23(19)21)24(29)31)15-17-8-11-18(12-9-17)32-25(26,27)28/h4,6-12,14H,2-3,5,15H2,1H3,(H2,29,31). The van der Waals surface area contributed by atoms with Crippen LogP contribution in [0.1, 0.15) is 41.3 Å². The van der Waals surface area contributed by atoms with Crippen LogP contribution >= 0.6 is 11.8 Å². The molecule has 0 bridgehead atoms. The number of aryl methyl sites for hydroxylation is 1. The van der Waals surface area contributed by atoms with E-state index < -0.39 is 11.4 Å². The van der Waals surface area contributed by atoms with Crippen LogP contribution in [0.25, 0.3) is 21.8 Å². The van der Waals surface area contributed by atoms with E-state index >= 15 is 0 Å². The van der Waals surface area contributed by atoms with Crippen molar-refractivity contribution in [2.45, 2.75) is 43.1 Å². The van der Waals surface area contributed by atoms with Gasteiger partial charge in [-0.15, -0.1) is 0 Å². The summed E-state index contributed by atoms with van der Waals surface area (Å²) in [7, 11) is 0. The second kappa shape index (κ2) is 8.90. The van der Waals surface area contributed by atoms with Crippen LogP contribution < -0.4 is 5.73 Å². The van der Waals surface area contributed by atoms with Gasteiger partial charge in [-0.3, -0.25) is 4.79 Å². The second-order valence-electron chi connectivity index (χ2n) is 7.71. The minimum Gasteiger partial charge on any atom is -0.366 e. The van der Waals surface area contributed by atoms with Gasteiger partial charge in [0.05, 0.1) is 11.0 Å². The van der Waals surface area contributed by atoms with Gasteiger partial charge in [-0.25, -0.2) is 0 Å². The van der Waals surface area contributed by atoms with Crippen molar-refractivity contribution in [2.24, 2.45) is 5.73 Å². The molecule has 3 aromatic carbocycles. The molecule has 0 aliphatic heterocycles. The lowest BCUT2D eigenvalue weighted by molar-refractivity contribution is -0.0328. The molecule has 4 rings (SSSR count). The Morgan fingerprint density at radius 3 is 2.50 bits per heavy atom. The normalized spacial score (nSPS) is 12.0. The Morgan fingerprint density at radius 1 is 1.09 bits per heavy atom. The fourth-order valence-corrected chi connectivity index (χ4v) is 4.52. The van der Waals surface area contributed by atoms with Crippen molar-refractivity contribution in [3.05, 3.63) is 77.4 Å². The highest BCUT2D eigenvalue weighted by Crippen LogP contribution is 2.37. The monoisotopic (exact) mass is 455 g/mol. The van der Waals surface area contributed by atoms with Crippen LogP contribution in [0.15, 0.2) is 59.5 Å². The van der Waals surface area contributed by atoms with Crippen LogP contribution in [0.3, 0.4) is 0 Å². The first kappa shape index (κ1) is 22.3. The maximum atomic E-state index is 12.6. The minimum absolute atomic E-state index is 0.126. The van der Waals surface area contributed by atoms with Crippen molar-refractivity contribution in [1.82, 2.24) is 4.57 Å². The van der Waals surface area contributed by atoms with Gasteiger partial charge in [0.1, 0.15) is 0 Å². The number of nitrogens with zero attached hydrogens (tertiary/aromatic N) is 1. The summed E-state index contributed by atoms with van der Waals surface area (Å²) in [6.45, 7) is 2.59. The van der Waals surface area contributed by atoms with E-state index in [0.717, 1.165) is 52.2 Å². The van der Waals surface area contributed by atoms with Crippen LogP contribution in [0.2, 0.25) is 0 Å². The number of halogens is 3. The van der Waals surface area contributed by atoms with Crippen LogP contribution in [-0.2, 0) is 13.0 Å². The maximum absolute atomic E-state index is 12.6. The minimum atomic E-state index is -4.32. The molecule has 0 aliphatic carbocycles. The van der Waals surface area contributed by atoms with E-state index in [1.807, 2.05) is 12.1 Å². The summed E-state index contributed by atoms with van der Waals surface area (Å²) in [5, 5.41) is 1.57. The Morgan fingerprint density at radius 2 is 1.84 bits per heavy atom. The van der Waals surface area contributed by atoms with E-state index in [4.69, 9.17) is 5.73 Å². The number of primary amides is 1. The second-order valence-corrected chi connectivity index (χ2v) is 8.85. The van der Waals surface area contributed by atoms with E-state index in [0.29, 0.717) is 12.1 Å². The van der Waals surface area contributed by atoms with Gasteiger partial charge in [-0.05, 0) is 72.1 Å². The highest BCUT2D eigenvalue weighted by molar-refractivity contribution is 8.00. The van der Waals surface area contributed by atoms with Gasteiger partial charge in [-0.1, -0.05) is 37.6 Å². The summed E-state index contributed by atoms with van der Waals surface area (Å²) in [6.07, 6.45) is 3.07. The molecule has 0 saturated carbocycles. The third-order valence-corrected chi connectivity index (χ3v) is 6.18. The number of benzene rings is 3. The summed E-state index contributed by atoms with van der Waals surface area (Å²) in [6, 6.07) is 19.2. The van der Waals surface area contributed by atoms with Crippen molar-refractivity contribution >= 4 is 39.5 Å². The highest BCUT2D eigenvalue weighted by Gasteiger charge is 2.29. The van der Waals surface area contributed by atoms with E-state index in [9.17, 15) is 18.0 Å². The van der Waals surface area contributed by atoms with Gasteiger partial charge in [-0.2, -0.15) is 13.2 Å². The Hall–Kier alpha value is -2.93. The summed E-state index contributed by atoms with van der Waals surface area (Å²) >= 11 is -0.126. The number of aromatic nitrogens is 1. The number of thioether (sulfide) groups is 1. The number of hydrogen-bond donors (Lipinski definition) is 1. The first-order valence-corrected chi connectivity index (χ1v) is 11.2. The molecule has 1 amide bonds. The van der Waals surface area contributed by atoms with Gasteiger partial charge in [0, 0.05) is 27.8 Å². The van der Waals surface area contributed by atoms with Gasteiger partial charge < -0.3 is 10.3 Å². The molecule has 165 valence electrons. The van der Waals surface area contributed by atoms with Gasteiger partial charge in [0.25, 0.3) is 0 Å². The Labute approximate surface area is 188 Å². The summed E-state index contributed by atoms with van der Waals surface area (Å²) in [5.41, 5.74) is 5.54. The smallest absolute Gasteiger partial charge is 0.366 e. The highest BCUT2D eigenvalue weighted by atomic mass is 32.2. The molecule has 0 saturated heterocycles. The molecule has 0 spiro atoms. The zero-order chi connectivity index (χ0) is 22.9. The lowest BCUT2D eigenvalue weighted by atomic mass is 10.0. The molecule has 0 unspecified atom stereocenters. The average molecular weight is 456 g/mol. The van der Waals surface area contributed by atoms with E-state index in [1.54, 1.807) is 24.3 Å². The molecular weight excluding hydrogens is 433 g/mol. The van der Waals surface area contributed by atoms with E-state index in [1.165, 1.54) is 12.1 Å². The quantitative estimate of drug-likeness (QED) is 0.315. The van der Waals surface area contributed by atoms with Crippen molar-refractivity contribution in [2.75, 3.05) is 0 Å². The number of fused-ring (bicyclic) bond motifs is 3. The molecule has 32 heavy (non-hydrogen) atoms. The molecule has 0 fully saturated rings. The van der Waals surface area contributed by atoms with Crippen LogP contribution in [0.4, 0.5) is 13.2 Å². The molecule has 1 aromatic heterocycles. The lowest BCUT2D eigenvalue weighted by Gasteiger charge is -2.10. The fourth-order valence-electron chi connectivity index (χ4n) is 3.98. The Balaban J connectivity index is 1.82. The van der Waals surface area contributed by atoms with E-state index in [2.05, 4.69) is 23.6 Å². The van der Waals surface area contributed by atoms with Crippen molar-refractivity contribution in [3.8, 4) is 0 Å². The molecular formula is C25H22F3N2OS. The number of alkyl halides is 3. The number of carbonyl (C=O) groups excluding carboxylic acids is 1. The number of hydrogen-bond acceptors (Lipinski definition) is 2. The van der Waals surface area contributed by atoms with E-state index in [-0.39, 0.29) is 16.7 Å². The van der Waals surface area contributed by atoms with Crippen LogP contribution in [0.5, 0.6) is 0 Å². The Bertz CT molecular complexity index is 1280. The first-order chi connectivity index (χ1) is 15.3. The van der Waals surface area contributed by atoms with Gasteiger partial charge in [0.15, 0.2) is 0 Å². The van der Waals surface area contributed by atoms with Crippen LogP contribution in [0, 0.1) is 6.07 Å². The largest absolute Gasteiger partial charge is 0.446 e. The maximum Gasteiger partial charge on any atom is 0.446 e. The third kappa shape index (κ3) is 4.63. The SMILES string of the molecule is CCCCc1c[c]c2c3c(C(N)=O)cccc3n(Cc3ccc(SC(F)(F)F)cc3)c2c1. The number of unbranched alkanes of at least 4 members (excludes halogenated alkanes) is 1. The molecule has 7 heteroatoms. The zero-order valence-corrected chi connectivity index (χ0v) is 18.3. The molecule has 1 radical (unpaired) electrons. The molecule has 0 atom stereocenters. The molecule has 0 aliphatic rings. The summed E-state index contributed by atoms with van der Waals surface area (Å²) < 4.78 is 40.0. The molecule has 4 aromatic rings. The number of nitrogens with two attached hydrogens (primary N) is 1. The van der Waals surface area contributed by atoms with Gasteiger partial charge in [0.2, 0.25) is 5.91 Å². The van der Waals surface area contributed by atoms with Crippen LogP contribution in [-0.4, -0.2) is 16.0 Å². The average Bonchev–Trinajstić information content (AvgIpc) is 3.05. The fraction of sp³-hybridized carbons (Fsp3) is 0.240. The number of carbonyl (C=O) groups is 1. The van der Waals surface area contributed by atoms with Gasteiger partial charge >= 0.3 is 5.51 Å². The Kier molecular flexibility index (Phi) is 6.20. The lowest BCUT2D eigenvalue weighted by Crippen LogP contribution is -2.11. The molecule has 3 nitrogen and oxygen atoms in total. The topological polar surface area (TPSA) is 48.0 Å². The zero-order valence-electron chi connectivity index (χ0n) is 17.5. The summed E-state index contributed by atoms with van der Waals surface area (Å²) in [5.74, 6) is -0.508. The first-order valence-electron chi connectivity index (χ1n) is 10.4. The predicted molar refractivity (Wildman–Crippen MR) is 123 cm³/mol. The molecule has 1 heterocycles.